The van der Waals surface area contributed by atoms with Gasteiger partial charge in [0.25, 0.3) is 0 Å². The first-order valence-electron chi connectivity index (χ1n) is 12.5. The van der Waals surface area contributed by atoms with Crippen LogP contribution in [-0.4, -0.2) is 13.1 Å². The summed E-state index contributed by atoms with van der Waals surface area (Å²) in [5.41, 5.74) is 8.48. The normalized spacial score (nSPS) is 16.2. The Morgan fingerprint density at radius 1 is 0.889 bits per heavy atom. The maximum atomic E-state index is 9.95. The Bertz CT molecular complexity index is 1710. The summed E-state index contributed by atoms with van der Waals surface area (Å²) in [5, 5.41) is 23.4. The van der Waals surface area contributed by atoms with Gasteiger partial charge in [-0.15, -0.1) is 0 Å². The van der Waals surface area contributed by atoms with Crippen LogP contribution in [0.3, 0.4) is 0 Å². The van der Waals surface area contributed by atoms with Crippen LogP contribution in [0.2, 0.25) is 0 Å². The van der Waals surface area contributed by atoms with Gasteiger partial charge in [0.15, 0.2) is 0 Å². The number of benzene rings is 4. The maximum absolute atomic E-state index is 9.95. The van der Waals surface area contributed by atoms with Gasteiger partial charge in [0.05, 0.1) is 11.1 Å². The molecule has 0 saturated heterocycles. The molecule has 3 heteroatoms. The fourth-order valence-electron chi connectivity index (χ4n) is 5.99. The first-order valence-corrected chi connectivity index (χ1v) is 12.5. The van der Waals surface area contributed by atoms with Crippen LogP contribution >= 0.6 is 0 Å². The van der Waals surface area contributed by atoms with Crippen LogP contribution in [0.5, 0.6) is 0 Å². The molecule has 2 heterocycles. The van der Waals surface area contributed by atoms with Crippen LogP contribution < -0.4 is 4.90 Å². The van der Waals surface area contributed by atoms with E-state index in [1.54, 1.807) is 0 Å². The summed E-state index contributed by atoms with van der Waals surface area (Å²) in [5.74, 6) is 0. The molecular formula is C33H27N3. The molecular weight excluding hydrogens is 438 g/mol. The van der Waals surface area contributed by atoms with Gasteiger partial charge in [0.2, 0.25) is 0 Å². The molecule has 0 fully saturated rings. The van der Waals surface area contributed by atoms with Crippen molar-refractivity contribution in [3.8, 4) is 12.1 Å². The Morgan fingerprint density at radius 2 is 1.61 bits per heavy atom. The van der Waals surface area contributed by atoms with E-state index in [0.29, 0.717) is 11.1 Å². The second-order valence-corrected chi connectivity index (χ2v) is 10.6. The lowest BCUT2D eigenvalue weighted by Crippen LogP contribution is -2.40. The highest BCUT2D eigenvalue weighted by molar-refractivity contribution is 6.16. The summed E-state index contributed by atoms with van der Waals surface area (Å²) in [6.45, 7) is 11.2. The highest BCUT2D eigenvalue weighted by Crippen LogP contribution is 2.47. The summed E-state index contributed by atoms with van der Waals surface area (Å²) in [7, 11) is 0. The Kier molecular flexibility index (Phi) is 4.99. The number of anilines is 1. The SMILES string of the molecule is C=C1CCN2CCC(C)(C)c3cc(C=Cc4cccc5c(C#N)c(C#N)c6ccccc6c45)cc1c32. The lowest BCUT2D eigenvalue weighted by atomic mass is 9.74. The molecule has 0 amide bonds. The molecule has 4 aromatic carbocycles. The van der Waals surface area contributed by atoms with Gasteiger partial charge < -0.3 is 4.90 Å². The van der Waals surface area contributed by atoms with E-state index in [2.05, 4.69) is 67.8 Å². The molecule has 174 valence electrons. The summed E-state index contributed by atoms with van der Waals surface area (Å²) in [6.07, 6.45) is 6.48. The van der Waals surface area contributed by atoms with E-state index in [0.717, 1.165) is 58.6 Å². The third kappa shape index (κ3) is 3.24. The minimum absolute atomic E-state index is 0.118. The van der Waals surface area contributed by atoms with Gasteiger partial charge >= 0.3 is 0 Å². The van der Waals surface area contributed by atoms with Crippen molar-refractivity contribution in [1.29, 1.82) is 10.5 Å². The minimum Gasteiger partial charge on any atom is -0.370 e. The molecule has 0 aliphatic carbocycles. The second-order valence-electron chi connectivity index (χ2n) is 10.6. The van der Waals surface area contributed by atoms with Crippen molar-refractivity contribution in [2.24, 2.45) is 0 Å². The quantitative estimate of drug-likeness (QED) is 0.224. The maximum Gasteiger partial charge on any atom is 0.101 e. The van der Waals surface area contributed by atoms with E-state index in [4.69, 9.17) is 0 Å². The molecule has 0 saturated carbocycles. The highest BCUT2D eigenvalue weighted by Gasteiger charge is 2.35. The highest BCUT2D eigenvalue weighted by atomic mass is 15.1. The summed E-state index contributed by atoms with van der Waals surface area (Å²) < 4.78 is 0. The number of rotatable bonds is 2. The Balaban J connectivity index is 1.56. The molecule has 2 aliphatic heterocycles. The van der Waals surface area contributed by atoms with Gasteiger partial charge in [0, 0.05) is 35.1 Å². The molecule has 0 atom stereocenters. The molecule has 4 aromatic rings. The monoisotopic (exact) mass is 465 g/mol. The van der Waals surface area contributed by atoms with Gasteiger partial charge in [-0.1, -0.05) is 75.0 Å². The Morgan fingerprint density at radius 3 is 2.39 bits per heavy atom. The van der Waals surface area contributed by atoms with Crippen LogP contribution in [0.1, 0.15) is 60.1 Å². The number of nitriles is 2. The zero-order valence-corrected chi connectivity index (χ0v) is 20.7. The van der Waals surface area contributed by atoms with Gasteiger partial charge in [0.1, 0.15) is 12.1 Å². The molecule has 2 aliphatic rings. The van der Waals surface area contributed by atoms with E-state index < -0.39 is 0 Å². The molecule has 0 aromatic heterocycles. The van der Waals surface area contributed by atoms with Gasteiger partial charge in [-0.3, -0.25) is 0 Å². The van der Waals surface area contributed by atoms with E-state index >= 15 is 0 Å². The van der Waals surface area contributed by atoms with Crippen LogP contribution in [0.4, 0.5) is 5.69 Å². The molecule has 0 bridgehead atoms. The van der Waals surface area contributed by atoms with Gasteiger partial charge in [-0.25, -0.2) is 0 Å². The van der Waals surface area contributed by atoms with Crippen molar-refractivity contribution < 1.29 is 0 Å². The molecule has 0 spiro atoms. The van der Waals surface area contributed by atoms with Crippen LogP contribution in [0.15, 0.2) is 61.2 Å². The third-order valence-corrected chi connectivity index (χ3v) is 8.01. The van der Waals surface area contributed by atoms with Crippen molar-refractivity contribution in [3.05, 3.63) is 94.6 Å². The van der Waals surface area contributed by atoms with E-state index in [1.807, 2.05) is 36.4 Å². The minimum atomic E-state index is 0.118. The van der Waals surface area contributed by atoms with Crippen LogP contribution in [0, 0.1) is 22.7 Å². The molecule has 0 N–H and O–H groups in total. The van der Waals surface area contributed by atoms with Crippen molar-refractivity contribution in [1.82, 2.24) is 0 Å². The fraction of sp³-hybridized carbons (Fsp3) is 0.212. The number of fused-ring (bicyclic) bond motifs is 3. The van der Waals surface area contributed by atoms with Crippen molar-refractivity contribution >= 4 is 45.0 Å². The zero-order chi connectivity index (χ0) is 25.0. The lowest BCUT2D eigenvalue weighted by Gasteiger charge is -2.44. The number of hydrogen-bond acceptors (Lipinski definition) is 3. The molecule has 3 nitrogen and oxygen atoms in total. The zero-order valence-electron chi connectivity index (χ0n) is 20.7. The molecule has 36 heavy (non-hydrogen) atoms. The van der Waals surface area contributed by atoms with Crippen LogP contribution in [-0.2, 0) is 5.41 Å². The molecule has 6 rings (SSSR count). The number of hydrogen-bond donors (Lipinski definition) is 0. The summed E-state index contributed by atoms with van der Waals surface area (Å²) >= 11 is 0. The summed E-state index contributed by atoms with van der Waals surface area (Å²) in [6, 6.07) is 23.1. The molecule has 0 radical (unpaired) electrons. The second kappa shape index (κ2) is 8.11. The standard InChI is InChI=1S/C33H27N3/c1-21-13-15-36-16-14-33(2,3)30-18-22(17-27(21)32(30)36)11-12-23-7-6-10-26-29(20-35)28(19-34)24-8-4-5-9-25(24)31(23)26/h4-12,17-18H,1,13-16H2,2-3H3. The fourth-order valence-corrected chi connectivity index (χ4v) is 5.99. The Hall–Kier alpha value is -4.34. The lowest BCUT2D eigenvalue weighted by molar-refractivity contribution is 0.452. The Labute approximate surface area is 212 Å². The third-order valence-electron chi connectivity index (χ3n) is 8.01. The van der Waals surface area contributed by atoms with Gasteiger partial charge in [-0.2, -0.15) is 10.5 Å². The van der Waals surface area contributed by atoms with Crippen molar-refractivity contribution in [2.45, 2.75) is 32.1 Å². The first kappa shape index (κ1) is 22.1. The van der Waals surface area contributed by atoms with Crippen molar-refractivity contribution in [2.75, 3.05) is 18.0 Å². The van der Waals surface area contributed by atoms with Crippen molar-refractivity contribution in [3.63, 3.8) is 0 Å². The number of nitrogens with zero attached hydrogens (tertiary/aromatic N) is 3. The summed E-state index contributed by atoms with van der Waals surface area (Å²) in [4.78, 5) is 2.53. The average Bonchev–Trinajstić information content (AvgIpc) is 2.89. The van der Waals surface area contributed by atoms with E-state index in [-0.39, 0.29) is 5.41 Å². The molecule has 0 unspecified atom stereocenters. The van der Waals surface area contributed by atoms with Gasteiger partial charge in [-0.05, 0) is 63.4 Å². The first-order chi connectivity index (χ1) is 17.4. The predicted octanol–water partition coefficient (Wildman–Crippen LogP) is 7.81. The van der Waals surface area contributed by atoms with Crippen LogP contribution in [0.25, 0.3) is 39.3 Å². The topological polar surface area (TPSA) is 50.8 Å². The smallest absolute Gasteiger partial charge is 0.101 e. The predicted molar refractivity (Wildman–Crippen MR) is 150 cm³/mol. The average molecular weight is 466 g/mol. The van der Waals surface area contributed by atoms with E-state index in [9.17, 15) is 10.5 Å². The largest absolute Gasteiger partial charge is 0.370 e. The van der Waals surface area contributed by atoms with E-state index in [1.165, 1.54) is 22.4 Å².